The van der Waals surface area contributed by atoms with Gasteiger partial charge >= 0.3 is 0 Å². The molecular weight excluding hydrogens is 518 g/mol. The van der Waals surface area contributed by atoms with Crippen LogP contribution in [0, 0.1) is 30.6 Å². The quantitative estimate of drug-likeness (QED) is 0.314. The van der Waals surface area contributed by atoms with E-state index < -0.39 is 0 Å². The average molecular weight is 564 g/mol. The summed E-state index contributed by atoms with van der Waals surface area (Å²) in [6.07, 6.45) is 21.1. The average Bonchev–Trinajstić information content (AvgIpc) is 3.54. The summed E-state index contributed by atoms with van der Waals surface area (Å²) in [5, 5.41) is 6.85. The van der Waals surface area contributed by atoms with Crippen LogP contribution in [0.15, 0.2) is 77.9 Å². The van der Waals surface area contributed by atoms with Gasteiger partial charge in [-0.25, -0.2) is 4.98 Å². The summed E-state index contributed by atoms with van der Waals surface area (Å²) in [7, 11) is 0. The molecule has 1 aromatic carbocycles. The Morgan fingerprint density at radius 1 is 1.00 bits per heavy atom. The molecular formula is C37H45N3S. The van der Waals surface area contributed by atoms with E-state index in [1.165, 1.54) is 53.1 Å². The lowest BCUT2D eigenvalue weighted by atomic mass is 9.68. The number of pyridine rings is 1. The van der Waals surface area contributed by atoms with Crippen LogP contribution in [0.25, 0.3) is 20.3 Å². The van der Waals surface area contributed by atoms with Crippen LogP contribution in [-0.2, 0) is 0 Å². The van der Waals surface area contributed by atoms with Gasteiger partial charge in [-0.15, -0.1) is 11.3 Å². The molecule has 1 fully saturated rings. The number of hydrogen-bond acceptors (Lipinski definition) is 4. The summed E-state index contributed by atoms with van der Waals surface area (Å²) in [5.41, 5.74) is 5.71. The van der Waals surface area contributed by atoms with Gasteiger partial charge in [0, 0.05) is 50.8 Å². The Kier molecular flexibility index (Phi) is 7.29. The second kappa shape index (κ2) is 10.9. The second-order valence-electron chi connectivity index (χ2n) is 13.5. The van der Waals surface area contributed by atoms with Crippen molar-refractivity contribution in [3.05, 3.63) is 89.2 Å². The second-order valence-corrected chi connectivity index (χ2v) is 14.4. The van der Waals surface area contributed by atoms with E-state index in [0.29, 0.717) is 41.8 Å². The van der Waals surface area contributed by atoms with Crippen LogP contribution in [0.3, 0.4) is 0 Å². The molecule has 0 spiro atoms. The van der Waals surface area contributed by atoms with Gasteiger partial charge in [-0.05, 0) is 74.5 Å². The Hall–Kier alpha value is -2.53. The SMILES string of the molecule is Cc1ccc2c(n1)sc1c(C3NC4CCC=CC4N3C3C(C(C)C)=CC(C4=CCCC=C4)CC3C(C)C)cccc12. The van der Waals surface area contributed by atoms with Crippen molar-refractivity contribution in [3.63, 3.8) is 0 Å². The largest absolute Gasteiger partial charge is 0.293 e. The van der Waals surface area contributed by atoms with Gasteiger partial charge in [0.25, 0.3) is 0 Å². The highest BCUT2D eigenvalue weighted by atomic mass is 32.1. The molecule has 0 radical (unpaired) electrons. The van der Waals surface area contributed by atoms with Crippen LogP contribution in [0.1, 0.15) is 77.2 Å². The zero-order valence-electron chi connectivity index (χ0n) is 25.3. The molecule has 2 aromatic heterocycles. The first-order chi connectivity index (χ1) is 19.9. The van der Waals surface area contributed by atoms with Crippen molar-refractivity contribution in [2.75, 3.05) is 0 Å². The summed E-state index contributed by atoms with van der Waals surface area (Å²) in [6.45, 7) is 11.9. The number of aryl methyl sites for hydroxylation is 1. The Morgan fingerprint density at radius 3 is 2.66 bits per heavy atom. The molecule has 0 bridgehead atoms. The molecule has 6 unspecified atom stereocenters. The third-order valence-corrected chi connectivity index (χ3v) is 11.4. The van der Waals surface area contributed by atoms with Gasteiger partial charge in [0.2, 0.25) is 0 Å². The number of nitrogens with zero attached hydrogens (tertiary/aromatic N) is 2. The van der Waals surface area contributed by atoms with Crippen LogP contribution in [0.5, 0.6) is 0 Å². The van der Waals surface area contributed by atoms with Crippen molar-refractivity contribution in [3.8, 4) is 0 Å². The van der Waals surface area contributed by atoms with Crippen molar-refractivity contribution in [1.82, 2.24) is 15.2 Å². The minimum atomic E-state index is 0.185. The number of benzene rings is 1. The van der Waals surface area contributed by atoms with E-state index in [4.69, 9.17) is 4.98 Å². The van der Waals surface area contributed by atoms with Gasteiger partial charge in [0.05, 0.1) is 6.17 Å². The fourth-order valence-electron chi connectivity index (χ4n) is 8.14. The molecule has 4 heteroatoms. The Labute approximate surface area is 250 Å². The summed E-state index contributed by atoms with van der Waals surface area (Å²) in [6, 6.07) is 12.7. The summed E-state index contributed by atoms with van der Waals surface area (Å²) in [5.74, 6) is 2.25. The van der Waals surface area contributed by atoms with E-state index in [9.17, 15) is 0 Å². The lowest BCUT2D eigenvalue weighted by Crippen LogP contribution is -2.51. The highest BCUT2D eigenvalue weighted by Crippen LogP contribution is 2.49. The Bertz CT molecular complexity index is 1570. The predicted octanol–water partition coefficient (Wildman–Crippen LogP) is 9.27. The van der Waals surface area contributed by atoms with Crippen molar-refractivity contribution in [1.29, 1.82) is 0 Å². The van der Waals surface area contributed by atoms with Gasteiger partial charge in [0.1, 0.15) is 4.83 Å². The minimum Gasteiger partial charge on any atom is -0.293 e. The Morgan fingerprint density at radius 2 is 1.88 bits per heavy atom. The summed E-state index contributed by atoms with van der Waals surface area (Å²) in [4.78, 5) is 9.02. The fraction of sp³-hybridized carbons (Fsp3) is 0.486. The van der Waals surface area contributed by atoms with E-state index in [0.717, 1.165) is 10.5 Å². The third-order valence-electron chi connectivity index (χ3n) is 10.2. The topological polar surface area (TPSA) is 28.2 Å². The monoisotopic (exact) mass is 563 g/mol. The maximum atomic E-state index is 4.94. The lowest BCUT2D eigenvalue weighted by molar-refractivity contribution is 0.0765. The van der Waals surface area contributed by atoms with Gasteiger partial charge in [-0.3, -0.25) is 10.2 Å². The van der Waals surface area contributed by atoms with Crippen LogP contribution in [0.2, 0.25) is 0 Å². The molecule has 1 aliphatic heterocycles. The number of nitrogens with one attached hydrogen (secondary N) is 1. The van der Waals surface area contributed by atoms with E-state index in [1.54, 1.807) is 11.1 Å². The summed E-state index contributed by atoms with van der Waals surface area (Å²) >= 11 is 1.88. The van der Waals surface area contributed by atoms with Crippen molar-refractivity contribution in [2.24, 2.45) is 23.7 Å². The summed E-state index contributed by atoms with van der Waals surface area (Å²) < 4.78 is 1.40. The van der Waals surface area contributed by atoms with Crippen molar-refractivity contribution in [2.45, 2.75) is 91.0 Å². The normalized spacial score (nSPS) is 30.4. The third kappa shape index (κ3) is 4.76. The molecule has 41 heavy (non-hydrogen) atoms. The maximum absolute atomic E-state index is 4.94. The number of hydrogen-bond donors (Lipinski definition) is 1. The molecule has 0 amide bonds. The smallest absolute Gasteiger partial charge is 0.124 e. The van der Waals surface area contributed by atoms with E-state index in [1.807, 2.05) is 11.3 Å². The van der Waals surface area contributed by atoms with Crippen LogP contribution in [-0.4, -0.2) is 28.0 Å². The van der Waals surface area contributed by atoms with Crippen molar-refractivity contribution < 1.29 is 0 Å². The molecule has 1 N–H and O–H groups in total. The zero-order chi connectivity index (χ0) is 28.2. The molecule has 3 heterocycles. The lowest BCUT2D eigenvalue weighted by Gasteiger charge is -2.48. The molecule has 0 saturated carbocycles. The molecule has 3 aliphatic carbocycles. The van der Waals surface area contributed by atoms with Gasteiger partial charge < -0.3 is 0 Å². The first-order valence-electron chi connectivity index (χ1n) is 16.0. The molecule has 214 valence electrons. The van der Waals surface area contributed by atoms with E-state index in [2.05, 4.69) is 112 Å². The van der Waals surface area contributed by atoms with Gasteiger partial charge in [-0.2, -0.15) is 0 Å². The standard InChI is InChI=1S/C37H45N3S/c1-22(2)30-20-26(25-12-7-6-8-13-25)21-31(23(3)4)34(30)40-33-17-10-9-16-32(33)39-36(40)29-15-11-14-27-28-19-18-24(5)38-37(28)41-35(27)29/h7,10-15,17-20,22-23,26,31-34,36,39H,6,8-9,16,21H2,1-5H3. The molecule has 1 saturated heterocycles. The first kappa shape index (κ1) is 27.3. The van der Waals surface area contributed by atoms with Crippen LogP contribution in [0.4, 0.5) is 0 Å². The molecule has 3 nitrogen and oxygen atoms in total. The number of thiophene rings is 1. The number of allylic oxidation sites excluding steroid dienone is 6. The van der Waals surface area contributed by atoms with E-state index in [-0.39, 0.29) is 6.17 Å². The highest BCUT2D eigenvalue weighted by molar-refractivity contribution is 7.25. The molecule has 4 aliphatic rings. The molecule has 7 rings (SSSR count). The van der Waals surface area contributed by atoms with Gasteiger partial charge in [-0.1, -0.05) is 87.9 Å². The minimum absolute atomic E-state index is 0.185. The van der Waals surface area contributed by atoms with Crippen molar-refractivity contribution >= 4 is 31.6 Å². The fourth-order valence-corrected chi connectivity index (χ4v) is 9.40. The maximum Gasteiger partial charge on any atom is 0.124 e. The number of fused-ring (bicyclic) bond motifs is 4. The number of aromatic nitrogens is 1. The Balaban J connectivity index is 1.39. The first-order valence-corrected chi connectivity index (χ1v) is 16.8. The zero-order valence-corrected chi connectivity index (χ0v) is 26.1. The van der Waals surface area contributed by atoms with E-state index >= 15 is 0 Å². The van der Waals surface area contributed by atoms with Gasteiger partial charge in [0.15, 0.2) is 0 Å². The van der Waals surface area contributed by atoms with Crippen LogP contribution < -0.4 is 5.32 Å². The highest BCUT2D eigenvalue weighted by Gasteiger charge is 2.50. The molecule has 6 atom stereocenters. The predicted molar refractivity (Wildman–Crippen MR) is 175 cm³/mol. The number of rotatable bonds is 5. The van der Waals surface area contributed by atoms with Crippen LogP contribution >= 0.6 is 11.3 Å². The molecule has 3 aromatic rings.